The standard InChI is InChI=1S/C10H14ClN3O3S/c1-2-3-5-13-10(15)14-18(16,17)9-7-12-6-4-8(9)11/h4,6-7H,2-3,5H2,1H3,(H2,13,14,15). The Kier molecular flexibility index (Phi) is 5.36. The van der Waals surface area contributed by atoms with Crippen LogP contribution in [0.3, 0.4) is 0 Å². The van der Waals surface area contributed by atoms with E-state index in [1.807, 2.05) is 11.6 Å². The third-order valence-corrected chi connectivity index (χ3v) is 3.87. The number of hydrogen-bond donors (Lipinski definition) is 2. The fourth-order valence-electron chi connectivity index (χ4n) is 1.15. The minimum atomic E-state index is -3.98. The molecule has 0 aliphatic rings. The van der Waals surface area contributed by atoms with Crippen LogP contribution < -0.4 is 10.0 Å². The van der Waals surface area contributed by atoms with E-state index in [-0.39, 0.29) is 9.92 Å². The molecule has 0 spiro atoms. The van der Waals surface area contributed by atoms with E-state index in [2.05, 4.69) is 10.3 Å². The van der Waals surface area contributed by atoms with E-state index in [9.17, 15) is 13.2 Å². The third-order valence-electron chi connectivity index (χ3n) is 2.07. The number of rotatable bonds is 5. The molecule has 18 heavy (non-hydrogen) atoms. The van der Waals surface area contributed by atoms with Crippen LogP contribution >= 0.6 is 11.6 Å². The summed E-state index contributed by atoms with van der Waals surface area (Å²) in [6.07, 6.45) is 4.13. The van der Waals surface area contributed by atoms with Crippen LogP contribution in [0.2, 0.25) is 5.02 Å². The number of sulfonamides is 1. The van der Waals surface area contributed by atoms with Crippen LogP contribution in [0.15, 0.2) is 23.4 Å². The zero-order valence-corrected chi connectivity index (χ0v) is 11.4. The lowest BCUT2D eigenvalue weighted by atomic mass is 10.3. The number of hydrogen-bond acceptors (Lipinski definition) is 4. The normalized spacial score (nSPS) is 11.0. The molecular formula is C10H14ClN3O3S. The number of amides is 2. The molecular weight excluding hydrogens is 278 g/mol. The van der Waals surface area contributed by atoms with Crippen molar-refractivity contribution in [3.05, 3.63) is 23.5 Å². The number of aromatic nitrogens is 1. The van der Waals surface area contributed by atoms with Gasteiger partial charge in [-0.15, -0.1) is 0 Å². The van der Waals surface area contributed by atoms with E-state index in [0.717, 1.165) is 19.0 Å². The van der Waals surface area contributed by atoms with Gasteiger partial charge in [-0.3, -0.25) is 4.98 Å². The molecule has 8 heteroatoms. The van der Waals surface area contributed by atoms with Crippen molar-refractivity contribution in [1.29, 1.82) is 0 Å². The number of nitrogens with one attached hydrogen (secondary N) is 2. The zero-order valence-electron chi connectivity index (χ0n) is 9.81. The van der Waals surface area contributed by atoms with Gasteiger partial charge in [0.2, 0.25) is 0 Å². The van der Waals surface area contributed by atoms with Crippen molar-refractivity contribution >= 4 is 27.7 Å². The second-order valence-corrected chi connectivity index (χ2v) is 5.58. The number of halogens is 1. The van der Waals surface area contributed by atoms with Gasteiger partial charge in [0, 0.05) is 18.9 Å². The van der Waals surface area contributed by atoms with Crippen LogP contribution in [0.1, 0.15) is 19.8 Å². The highest BCUT2D eigenvalue weighted by Gasteiger charge is 2.20. The average molecular weight is 292 g/mol. The van der Waals surface area contributed by atoms with Crippen molar-refractivity contribution in [3.63, 3.8) is 0 Å². The van der Waals surface area contributed by atoms with E-state index in [1.165, 1.54) is 12.3 Å². The highest BCUT2D eigenvalue weighted by molar-refractivity contribution is 7.90. The monoisotopic (exact) mass is 291 g/mol. The summed E-state index contributed by atoms with van der Waals surface area (Å²) < 4.78 is 25.5. The van der Waals surface area contributed by atoms with Crippen molar-refractivity contribution < 1.29 is 13.2 Å². The molecule has 0 aromatic carbocycles. The van der Waals surface area contributed by atoms with Crippen LogP contribution in [0.25, 0.3) is 0 Å². The van der Waals surface area contributed by atoms with Gasteiger partial charge in [0.1, 0.15) is 4.90 Å². The molecule has 0 bridgehead atoms. The smallest absolute Gasteiger partial charge is 0.328 e. The molecule has 0 fully saturated rings. The predicted octanol–water partition coefficient (Wildman–Crippen LogP) is 1.52. The highest BCUT2D eigenvalue weighted by Crippen LogP contribution is 2.18. The molecule has 0 radical (unpaired) electrons. The fourth-order valence-corrected chi connectivity index (χ4v) is 2.51. The first-order chi connectivity index (χ1) is 8.47. The van der Waals surface area contributed by atoms with E-state index in [0.29, 0.717) is 6.54 Å². The first-order valence-electron chi connectivity index (χ1n) is 5.37. The summed E-state index contributed by atoms with van der Waals surface area (Å²) in [5.74, 6) is 0. The van der Waals surface area contributed by atoms with Gasteiger partial charge in [0.05, 0.1) is 5.02 Å². The Morgan fingerprint density at radius 2 is 2.22 bits per heavy atom. The maximum Gasteiger partial charge on any atom is 0.328 e. The molecule has 0 aliphatic heterocycles. The Morgan fingerprint density at radius 3 is 2.83 bits per heavy atom. The van der Waals surface area contributed by atoms with Gasteiger partial charge in [-0.25, -0.2) is 17.9 Å². The molecule has 0 saturated carbocycles. The van der Waals surface area contributed by atoms with Crippen LogP contribution in [0.5, 0.6) is 0 Å². The van der Waals surface area contributed by atoms with Gasteiger partial charge < -0.3 is 5.32 Å². The molecule has 100 valence electrons. The lowest BCUT2D eigenvalue weighted by Crippen LogP contribution is -2.39. The van der Waals surface area contributed by atoms with Crippen molar-refractivity contribution in [2.75, 3.05) is 6.54 Å². The summed E-state index contributed by atoms with van der Waals surface area (Å²) in [5.41, 5.74) is 0. The first-order valence-corrected chi connectivity index (χ1v) is 7.23. The Morgan fingerprint density at radius 1 is 1.50 bits per heavy atom. The second-order valence-electron chi connectivity index (χ2n) is 3.52. The largest absolute Gasteiger partial charge is 0.337 e. The van der Waals surface area contributed by atoms with E-state index < -0.39 is 16.1 Å². The van der Waals surface area contributed by atoms with Crippen molar-refractivity contribution in [1.82, 2.24) is 15.0 Å². The highest BCUT2D eigenvalue weighted by atomic mass is 35.5. The molecule has 1 rings (SSSR count). The average Bonchev–Trinajstić information content (AvgIpc) is 2.29. The molecule has 0 unspecified atom stereocenters. The molecule has 0 aliphatic carbocycles. The zero-order chi connectivity index (χ0) is 13.6. The molecule has 2 amide bonds. The van der Waals surface area contributed by atoms with Gasteiger partial charge in [-0.05, 0) is 12.5 Å². The maximum absolute atomic E-state index is 11.8. The van der Waals surface area contributed by atoms with Crippen LogP contribution in [-0.2, 0) is 10.0 Å². The Hall–Kier alpha value is -1.34. The molecule has 0 saturated heterocycles. The predicted molar refractivity (Wildman–Crippen MR) is 67.9 cm³/mol. The van der Waals surface area contributed by atoms with E-state index in [1.54, 1.807) is 0 Å². The lowest BCUT2D eigenvalue weighted by Gasteiger charge is -2.08. The van der Waals surface area contributed by atoms with Crippen LogP contribution in [-0.4, -0.2) is 26.0 Å². The minimum Gasteiger partial charge on any atom is -0.337 e. The SMILES string of the molecule is CCCCNC(=O)NS(=O)(=O)c1cnccc1Cl. The summed E-state index contributed by atoms with van der Waals surface area (Å²) in [6, 6.07) is 0.564. The number of nitrogens with zero attached hydrogens (tertiary/aromatic N) is 1. The summed E-state index contributed by atoms with van der Waals surface area (Å²) in [7, 11) is -3.98. The lowest BCUT2D eigenvalue weighted by molar-refractivity contribution is 0.245. The molecule has 0 atom stereocenters. The van der Waals surface area contributed by atoms with E-state index >= 15 is 0 Å². The van der Waals surface area contributed by atoms with Gasteiger partial charge in [-0.1, -0.05) is 24.9 Å². The topological polar surface area (TPSA) is 88.2 Å². The number of carbonyl (C=O) groups excluding carboxylic acids is 1. The van der Waals surface area contributed by atoms with Crippen molar-refractivity contribution in [2.24, 2.45) is 0 Å². The number of urea groups is 1. The van der Waals surface area contributed by atoms with Crippen LogP contribution in [0, 0.1) is 0 Å². The number of unbranched alkanes of at least 4 members (excludes halogenated alkanes) is 1. The Bertz CT molecular complexity index is 519. The maximum atomic E-state index is 11.8. The minimum absolute atomic E-state index is 0.0128. The molecule has 1 heterocycles. The van der Waals surface area contributed by atoms with Crippen molar-refractivity contribution in [2.45, 2.75) is 24.7 Å². The van der Waals surface area contributed by atoms with Crippen molar-refractivity contribution in [3.8, 4) is 0 Å². The summed E-state index contributed by atoms with van der Waals surface area (Å²) in [6.45, 7) is 2.38. The molecule has 6 nitrogen and oxygen atoms in total. The van der Waals surface area contributed by atoms with Gasteiger partial charge in [-0.2, -0.15) is 0 Å². The number of carbonyl (C=O) groups is 1. The quantitative estimate of drug-likeness (QED) is 0.805. The number of pyridine rings is 1. The summed E-state index contributed by atoms with van der Waals surface area (Å²) >= 11 is 5.73. The van der Waals surface area contributed by atoms with E-state index in [4.69, 9.17) is 11.6 Å². The summed E-state index contributed by atoms with van der Waals surface area (Å²) in [5, 5.41) is 2.45. The third kappa shape index (κ3) is 4.15. The molecule has 1 aromatic rings. The molecule has 1 aromatic heterocycles. The van der Waals surface area contributed by atoms with Gasteiger partial charge in [0.15, 0.2) is 0 Å². The first kappa shape index (κ1) is 14.7. The van der Waals surface area contributed by atoms with Crippen LogP contribution in [0.4, 0.5) is 4.79 Å². The Balaban J connectivity index is 2.71. The summed E-state index contributed by atoms with van der Waals surface area (Å²) in [4.78, 5) is 14.8. The Labute approximate surface area is 111 Å². The van der Waals surface area contributed by atoms with Gasteiger partial charge in [0.25, 0.3) is 10.0 Å². The second kappa shape index (κ2) is 6.55. The fraction of sp³-hybridized carbons (Fsp3) is 0.400. The molecule has 2 N–H and O–H groups in total. The van der Waals surface area contributed by atoms with Gasteiger partial charge >= 0.3 is 6.03 Å².